The van der Waals surface area contributed by atoms with Crippen LogP contribution < -0.4 is 5.73 Å². The Bertz CT molecular complexity index is 445. The predicted molar refractivity (Wildman–Crippen MR) is 69.5 cm³/mol. The van der Waals surface area contributed by atoms with E-state index in [4.69, 9.17) is 5.73 Å². The Balaban J connectivity index is 2.04. The Morgan fingerprint density at radius 1 is 1.25 bits per heavy atom. The molecule has 86 valence electrons. The van der Waals surface area contributed by atoms with Crippen molar-refractivity contribution in [3.05, 3.63) is 36.0 Å². The van der Waals surface area contributed by atoms with Crippen molar-refractivity contribution in [1.29, 1.82) is 0 Å². The lowest BCUT2D eigenvalue weighted by atomic mass is 9.98. The molecule has 0 saturated carbocycles. The Morgan fingerprint density at radius 3 is 2.88 bits per heavy atom. The van der Waals surface area contributed by atoms with Gasteiger partial charge in [0.2, 0.25) is 0 Å². The maximum Gasteiger partial charge on any atom is 0.0456 e. The second-order valence-corrected chi connectivity index (χ2v) is 4.58. The molecule has 0 aliphatic heterocycles. The van der Waals surface area contributed by atoms with Gasteiger partial charge in [-0.05, 0) is 43.4 Å². The fourth-order valence-electron chi connectivity index (χ4n) is 2.17. The molecule has 3 N–H and O–H groups in total. The van der Waals surface area contributed by atoms with Gasteiger partial charge in [0, 0.05) is 17.1 Å². The van der Waals surface area contributed by atoms with Crippen LogP contribution in [0.25, 0.3) is 10.9 Å². The van der Waals surface area contributed by atoms with E-state index in [9.17, 15) is 0 Å². The van der Waals surface area contributed by atoms with Crippen LogP contribution in [0.4, 0.5) is 0 Å². The summed E-state index contributed by atoms with van der Waals surface area (Å²) in [5.74, 6) is 0.721. The Morgan fingerprint density at radius 2 is 2.06 bits per heavy atom. The highest BCUT2D eigenvalue weighted by atomic mass is 14.7. The highest BCUT2D eigenvalue weighted by Crippen LogP contribution is 2.21. The van der Waals surface area contributed by atoms with Crippen LogP contribution in [0.15, 0.2) is 30.5 Å². The number of aromatic amines is 1. The number of H-pyrrole nitrogens is 1. The van der Waals surface area contributed by atoms with Crippen molar-refractivity contribution in [2.45, 2.75) is 26.2 Å². The average Bonchev–Trinajstić information content (AvgIpc) is 2.70. The maximum atomic E-state index is 5.56. The molecule has 2 heteroatoms. The summed E-state index contributed by atoms with van der Waals surface area (Å²) in [5.41, 5.74) is 8.23. The number of aromatic nitrogens is 1. The smallest absolute Gasteiger partial charge is 0.0456 e. The zero-order valence-corrected chi connectivity index (χ0v) is 9.87. The monoisotopic (exact) mass is 216 g/mol. The quantitative estimate of drug-likeness (QED) is 0.792. The summed E-state index contributed by atoms with van der Waals surface area (Å²) in [5, 5.41) is 1.36. The fraction of sp³-hybridized carbons (Fsp3) is 0.429. The first-order valence-corrected chi connectivity index (χ1v) is 6.06. The van der Waals surface area contributed by atoms with Crippen LogP contribution in [0, 0.1) is 5.92 Å². The number of aryl methyl sites for hydroxylation is 1. The van der Waals surface area contributed by atoms with Gasteiger partial charge in [0.1, 0.15) is 0 Å². The molecule has 0 bridgehead atoms. The molecule has 1 atom stereocenters. The third-order valence-electron chi connectivity index (χ3n) is 3.24. The van der Waals surface area contributed by atoms with Gasteiger partial charge in [-0.1, -0.05) is 25.1 Å². The topological polar surface area (TPSA) is 41.8 Å². The lowest BCUT2D eigenvalue weighted by molar-refractivity contribution is 0.500. The first-order valence-electron chi connectivity index (χ1n) is 6.06. The fourth-order valence-corrected chi connectivity index (χ4v) is 2.17. The molecule has 1 heterocycles. The zero-order valence-electron chi connectivity index (χ0n) is 9.87. The van der Waals surface area contributed by atoms with Crippen LogP contribution in [0.3, 0.4) is 0 Å². The largest absolute Gasteiger partial charge is 0.361 e. The Labute approximate surface area is 96.9 Å². The molecule has 1 unspecified atom stereocenters. The van der Waals surface area contributed by atoms with Crippen molar-refractivity contribution in [3.8, 4) is 0 Å². The predicted octanol–water partition coefficient (Wildman–Crippen LogP) is 3.09. The van der Waals surface area contributed by atoms with Crippen molar-refractivity contribution < 1.29 is 0 Å². The number of hydrogen-bond donors (Lipinski definition) is 2. The van der Waals surface area contributed by atoms with Gasteiger partial charge in [-0.25, -0.2) is 0 Å². The SMILES string of the molecule is CC(CCN)CCc1c[nH]c2ccccc12. The minimum atomic E-state index is 0.721. The van der Waals surface area contributed by atoms with Crippen LogP contribution in [0.1, 0.15) is 25.3 Å². The van der Waals surface area contributed by atoms with E-state index in [0.717, 1.165) is 25.3 Å². The third kappa shape index (κ3) is 2.45. The molecule has 0 aliphatic carbocycles. The van der Waals surface area contributed by atoms with Gasteiger partial charge >= 0.3 is 0 Å². The van der Waals surface area contributed by atoms with E-state index in [1.807, 2.05) is 0 Å². The van der Waals surface area contributed by atoms with Gasteiger partial charge in [0.15, 0.2) is 0 Å². The highest BCUT2D eigenvalue weighted by Gasteiger charge is 2.05. The Kier molecular flexibility index (Phi) is 3.62. The summed E-state index contributed by atoms with van der Waals surface area (Å²) < 4.78 is 0. The van der Waals surface area contributed by atoms with E-state index < -0.39 is 0 Å². The number of benzene rings is 1. The van der Waals surface area contributed by atoms with Crippen LogP contribution >= 0.6 is 0 Å². The van der Waals surface area contributed by atoms with E-state index in [2.05, 4.69) is 42.4 Å². The van der Waals surface area contributed by atoms with Gasteiger partial charge < -0.3 is 10.7 Å². The van der Waals surface area contributed by atoms with Gasteiger partial charge in [0.05, 0.1) is 0 Å². The molecule has 1 aromatic heterocycles. The molecule has 2 aromatic rings. The third-order valence-corrected chi connectivity index (χ3v) is 3.24. The number of rotatable bonds is 5. The lowest BCUT2D eigenvalue weighted by Crippen LogP contribution is -2.06. The van der Waals surface area contributed by atoms with Crippen LogP contribution in [0.5, 0.6) is 0 Å². The molecule has 2 nitrogen and oxygen atoms in total. The summed E-state index contributed by atoms with van der Waals surface area (Å²) in [6.45, 7) is 3.08. The van der Waals surface area contributed by atoms with Gasteiger partial charge in [-0.2, -0.15) is 0 Å². The minimum Gasteiger partial charge on any atom is -0.361 e. The number of fused-ring (bicyclic) bond motifs is 1. The molecular formula is C14H20N2. The summed E-state index contributed by atoms with van der Waals surface area (Å²) in [7, 11) is 0. The standard InChI is InChI=1S/C14H20N2/c1-11(8-9-15)6-7-12-10-16-14-5-3-2-4-13(12)14/h2-5,10-11,16H,6-9,15H2,1H3. The summed E-state index contributed by atoms with van der Waals surface area (Å²) in [4.78, 5) is 3.32. The van der Waals surface area contributed by atoms with Crippen molar-refractivity contribution in [3.63, 3.8) is 0 Å². The lowest BCUT2D eigenvalue weighted by Gasteiger charge is -2.08. The van der Waals surface area contributed by atoms with Crippen molar-refractivity contribution in [2.75, 3.05) is 6.54 Å². The molecule has 0 aliphatic rings. The van der Waals surface area contributed by atoms with Crippen LogP contribution in [-0.4, -0.2) is 11.5 Å². The van der Waals surface area contributed by atoms with E-state index in [1.165, 1.54) is 22.9 Å². The van der Waals surface area contributed by atoms with E-state index in [0.29, 0.717) is 0 Å². The number of para-hydroxylation sites is 1. The molecule has 1 aromatic carbocycles. The number of hydrogen-bond acceptors (Lipinski definition) is 1. The maximum absolute atomic E-state index is 5.56. The van der Waals surface area contributed by atoms with Gasteiger partial charge in [-0.15, -0.1) is 0 Å². The molecule has 0 fully saturated rings. The van der Waals surface area contributed by atoms with Crippen molar-refractivity contribution in [1.82, 2.24) is 4.98 Å². The number of nitrogens with one attached hydrogen (secondary N) is 1. The van der Waals surface area contributed by atoms with Crippen LogP contribution in [0.2, 0.25) is 0 Å². The summed E-state index contributed by atoms with van der Waals surface area (Å²) in [6.07, 6.45) is 5.63. The molecule has 0 radical (unpaired) electrons. The summed E-state index contributed by atoms with van der Waals surface area (Å²) >= 11 is 0. The second kappa shape index (κ2) is 5.17. The molecule has 16 heavy (non-hydrogen) atoms. The second-order valence-electron chi connectivity index (χ2n) is 4.58. The molecule has 0 saturated heterocycles. The Hall–Kier alpha value is -1.28. The van der Waals surface area contributed by atoms with Crippen LogP contribution in [-0.2, 0) is 6.42 Å². The molecule has 2 rings (SSSR count). The van der Waals surface area contributed by atoms with E-state index in [-0.39, 0.29) is 0 Å². The van der Waals surface area contributed by atoms with Gasteiger partial charge in [-0.3, -0.25) is 0 Å². The molecule has 0 spiro atoms. The van der Waals surface area contributed by atoms with E-state index >= 15 is 0 Å². The molecular weight excluding hydrogens is 196 g/mol. The average molecular weight is 216 g/mol. The van der Waals surface area contributed by atoms with E-state index in [1.54, 1.807) is 0 Å². The molecule has 0 amide bonds. The van der Waals surface area contributed by atoms with Crippen molar-refractivity contribution in [2.24, 2.45) is 11.7 Å². The summed E-state index contributed by atoms with van der Waals surface area (Å²) in [6, 6.07) is 8.49. The normalized spacial score (nSPS) is 13.1. The first-order chi connectivity index (χ1) is 7.81. The highest BCUT2D eigenvalue weighted by molar-refractivity contribution is 5.82. The number of nitrogens with two attached hydrogens (primary N) is 1. The minimum absolute atomic E-state index is 0.721. The zero-order chi connectivity index (χ0) is 11.4. The van der Waals surface area contributed by atoms with Crippen molar-refractivity contribution >= 4 is 10.9 Å². The van der Waals surface area contributed by atoms with Gasteiger partial charge in [0.25, 0.3) is 0 Å². The first kappa shape index (κ1) is 11.2.